The summed E-state index contributed by atoms with van der Waals surface area (Å²) in [6, 6.07) is 13.7. The summed E-state index contributed by atoms with van der Waals surface area (Å²) in [6.45, 7) is 0.872. The Morgan fingerprint density at radius 1 is 1.13 bits per heavy atom. The van der Waals surface area contributed by atoms with Gasteiger partial charge in [0.15, 0.2) is 0 Å². The van der Waals surface area contributed by atoms with Gasteiger partial charge in [-0.1, -0.05) is 18.2 Å². The fraction of sp³-hybridized carbons (Fsp3) is 0.364. The number of rotatable bonds is 5. The van der Waals surface area contributed by atoms with Gasteiger partial charge in [-0.3, -0.25) is 9.59 Å². The van der Waals surface area contributed by atoms with Crippen molar-refractivity contribution < 1.29 is 22.7 Å². The molecule has 2 aliphatic heterocycles. The van der Waals surface area contributed by atoms with E-state index in [0.717, 1.165) is 28.5 Å². The highest BCUT2D eigenvalue weighted by Crippen LogP contribution is 2.34. The summed E-state index contributed by atoms with van der Waals surface area (Å²) in [5.74, 6) is 0.220. The fourth-order valence-electron chi connectivity index (χ4n) is 4.11. The monoisotopic (exact) mass is 443 g/mol. The fourth-order valence-corrected chi connectivity index (χ4v) is 5.55. The van der Waals surface area contributed by atoms with E-state index in [4.69, 9.17) is 4.74 Å². The van der Waals surface area contributed by atoms with Gasteiger partial charge in [-0.05, 0) is 48.7 Å². The number of nitrogens with one attached hydrogen (secondary N) is 1. The quantitative estimate of drug-likeness (QED) is 0.760. The Labute approximate surface area is 181 Å². The minimum absolute atomic E-state index is 0.0215. The highest BCUT2D eigenvalue weighted by Gasteiger charge is 2.33. The Morgan fingerprint density at radius 3 is 2.61 bits per heavy atom. The van der Waals surface area contributed by atoms with Crippen molar-refractivity contribution in [3.8, 4) is 5.75 Å². The van der Waals surface area contributed by atoms with Gasteiger partial charge in [0.2, 0.25) is 15.9 Å². The molecule has 1 N–H and O–H groups in total. The lowest BCUT2D eigenvalue weighted by Gasteiger charge is -2.27. The van der Waals surface area contributed by atoms with Crippen LogP contribution in [0.1, 0.15) is 34.8 Å². The SMILES string of the molecule is COc1ccc([C@@H]2CCCN2C(=O)c2cccc(S(=O)(=O)N3CCNC(=O)C3)c2)cc1. The van der Waals surface area contributed by atoms with Crippen LogP contribution >= 0.6 is 0 Å². The smallest absolute Gasteiger partial charge is 0.254 e. The molecule has 0 spiro atoms. The molecule has 0 aromatic heterocycles. The molecule has 164 valence electrons. The predicted octanol–water partition coefficient (Wildman–Crippen LogP) is 1.79. The number of nitrogens with zero attached hydrogens (tertiary/aromatic N) is 2. The second-order valence-corrected chi connectivity index (χ2v) is 9.58. The van der Waals surface area contributed by atoms with Crippen LogP contribution in [0, 0.1) is 0 Å². The highest BCUT2D eigenvalue weighted by atomic mass is 32.2. The molecule has 0 bridgehead atoms. The molecule has 0 saturated carbocycles. The minimum atomic E-state index is -3.86. The molecule has 31 heavy (non-hydrogen) atoms. The number of methoxy groups -OCH3 is 1. The Hall–Kier alpha value is -2.91. The van der Waals surface area contributed by atoms with Crippen molar-refractivity contribution in [3.63, 3.8) is 0 Å². The number of amides is 2. The second-order valence-electron chi connectivity index (χ2n) is 7.65. The predicted molar refractivity (Wildman–Crippen MR) is 114 cm³/mol. The summed E-state index contributed by atoms with van der Waals surface area (Å²) in [4.78, 5) is 26.7. The van der Waals surface area contributed by atoms with Gasteiger partial charge in [0.25, 0.3) is 5.91 Å². The Balaban J connectivity index is 1.58. The molecule has 2 amide bonds. The van der Waals surface area contributed by atoms with Crippen LogP contribution in [0.25, 0.3) is 0 Å². The maximum absolute atomic E-state index is 13.3. The van der Waals surface area contributed by atoms with E-state index in [1.807, 2.05) is 24.3 Å². The molecule has 2 saturated heterocycles. The second kappa shape index (κ2) is 8.68. The first-order valence-electron chi connectivity index (χ1n) is 10.2. The summed E-state index contributed by atoms with van der Waals surface area (Å²) < 4.78 is 32.3. The van der Waals surface area contributed by atoms with Crippen LogP contribution in [0.3, 0.4) is 0 Å². The zero-order valence-electron chi connectivity index (χ0n) is 17.3. The molecule has 1 atom stereocenters. The molecule has 9 heteroatoms. The zero-order valence-corrected chi connectivity index (χ0v) is 18.1. The third-order valence-corrected chi connectivity index (χ3v) is 7.58. The van der Waals surface area contributed by atoms with Crippen LogP contribution in [-0.4, -0.2) is 62.7 Å². The van der Waals surface area contributed by atoms with Crippen LogP contribution < -0.4 is 10.1 Å². The van der Waals surface area contributed by atoms with Gasteiger partial charge >= 0.3 is 0 Å². The summed E-state index contributed by atoms with van der Waals surface area (Å²) in [5, 5.41) is 2.62. The van der Waals surface area contributed by atoms with Crippen LogP contribution in [-0.2, 0) is 14.8 Å². The molecule has 0 aliphatic carbocycles. The molecule has 2 heterocycles. The largest absolute Gasteiger partial charge is 0.497 e. The van der Waals surface area contributed by atoms with Crippen LogP contribution in [0.5, 0.6) is 5.75 Å². The molecule has 2 fully saturated rings. The van der Waals surface area contributed by atoms with Crippen LogP contribution in [0.4, 0.5) is 0 Å². The summed E-state index contributed by atoms with van der Waals surface area (Å²) >= 11 is 0. The first-order chi connectivity index (χ1) is 14.9. The Morgan fingerprint density at radius 2 is 1.90 bits per heavy atom. The third-order valence-electron chi connectivity index (χ3n) is 5.74. The number of benzene rings is 2. The molecule has 0 unspecified atom stereocenters. The number of sulfonamides is 1. The van der Waals surface area contributed by atoms with Crippen molar-refractivity contribution in [2.24, 2.45) is 0 Å². The van der Waals surface area contributed by atoms with E-state index in [0.29, 0.717) is 12.1 Å². The topological polar surface area (TPSA) is 96.0 Å². The number of carbonyl (C=O) groups is 2. The zero-order chi connectivity index (χ0) is 22.0. The van der Waals surface area contributed by atoms with E-state index in [-0.39, 0.29) is 42.4 Å². The average molecular weight is 444 g/mol. The van der Waals surface area contributed by atoms with Gasteiger partial charge < -0.3 is 15.0 Å². The van der Waals surface area contributed by atoms with Crippen molar-refractivity contribution in [3.05, 3.63) is 59.7 Å². The number of hydrogen-bond acceptors (Lipinski definition) is 5. The summed E-state index contributed by atoms with van der Waals surface area (Å²) in [5.41, 5.74) is 1.35. The van der Waals surface area contributed by atoms with E-state index in [2.05, 4.69) is 5.32 Å². The van der Waals surface area contributed by atoms with Crippen molar-refractivity contribution in [1.82, 2.24) is 14.5 Å². The molecular weight excluding hydrogens is 418 g/mol. The molecule has 2 aromatic carbocycles. The van der Waals surface area contributed by atoms with E-state index < -0.39 is 10.0 Å². The lowest BCUT2D eigenvalue weighted by Crippen LogP contribution is -2.49. The van der Waals surface area contributed by atoms with E-state index >= 15 is 0 Å². The Bertz CT molecular complexity index is 1080. The van der Waals surface area contributed by atoms with Gasteiger partial charge in [0, 0.05) is 25.2 Å². The average Bonchev–Trinajstić information content (AvgIpc) is 3.28. The summed E-state index contributed by atoms with van der Waals surface area (Å²) in [7, 11) is -2.25. The van der Waals surface area contributed by atoms with Crippen molar-refractivity contribution in [2.45, 2.75) is 23.8 Å². The lowest BCUT2D eigenvalue weighted by molar-refractivity contribution is -0.122. The van der Waals surface area contributed by atoms with Gasteiger partial charge in [0.05, 0.1) is 24.6 Å². The molecule has 2 aliphatic rings. The normalized spacial score (nSPS) is 19.8. The number of piperazine rings is 1. The van der Waals surface area contributed by atoms with Crippen molar-refractivity contribution in [2.75, 3.05) is 33.3 Å². The highest BCUT2D eigenvalue weighted by molar-refractivity contribution is 7.89. The first-order valence-corrected chi connectivity index (χ1v) is 11.7. The Kier molecular flexibility index (Phi) is 5.97. The number of ether oxygens (including phenoxy) is 1. The molecular formula is C22H25N3O5S. The lowest BCUT2D eigenvalue weighted by atomic mass is 10.0. The summed E-state index contributed by atoms with van der Waals surface area (Å²) in [6.07, 6.45) is 1.72. The van der Waals surface area contributed by atoms with Gasteiger partial charge in [-0.25, -0.2) is 8.42 Å². The maximum atomic E-state index is 13.3. The number of carbonyl (C=O) groups excluding carboxylic acids is 2. The third kappa shape index (κ3) is 4.28. The number of hydrogen-bond donors (Lipinski definition) is 1. The minimum Gasteiger partial charge on any atom is -0.497 e. The molecule has 0 radical (unpaired) electrons. The van der Waals surface area contributed by atoms with Crippen molar-refractivity contribution in [1.29, 1.82) is 0 Å². The first kappa shape index (κ1) is 21.3. The van der Waals surface area contributed by atoms with E-state index in [9.17, 15) is 18.0 Å². The van der Waals surface area contributed by atoms with Gasteiger partial charge in [-0.2, -0.15) is 4.31 Å². The van der Waals surface area contributed by atoms with Crippen molar-refractivity contribution >= 4 is 21.8 Å². The van der Waals surface area contributed by atoms with Gasteiger partial charge in [0.1, 0.15) is 5.75 Å². The van der Waals surface area contributed by atoms with E-state index in [1.165, 1.54) is 12.1 Å². The van der Waals surface area contributed by atoms with Crippen LogP contribution in [0.2, 0.25) is 0 Å². The van der Waals surface area contributed by atoms with E-state index in [1.54, 1.807) is 24.1 Å². The number of likely N-dealkylation sites (tertiary alicyclic amines) is 1. The van der Waals surface area contributed by atoms with Crippen LogP contribution in [0.15, 0.2) is 53.4 Å². The molecule has 8 nitrogen and oxygen atoms in total. The maximum Gasteiger partial charge on any atom is 0.254 e. The standard InChI is InChI=1S/C22H25N3O5S/c1-30-18-9-7-16(8-10-18)20-6-3-12-25(20)22(27)17-4-2-5-19(14-17)31(28,29)24-13-11-23-21(26)15-24/h2,4-5,7-10,14,20H,3,6,11-13,15H2,1H3,(H,23,26)/t20-/m0/s1. The van der Waals surface area contributed by atoms with Gasteiger partial charge in [-0.15, -0.1) is 0 Å². The molecule has 4 rings (SSSR count). The molecule has 2 aromatic rings.